The Morgan fingerprint density at radius 1 is 1.00 bits per heavy atom. The van der Waals surface area contributed by atoms with Crippen LogP contribution in [0.4, 0.5) is 0 Å². The molecule has 0 unspecified atom stereocenters. The second-order valence-electron chi connectivity index (χ2n) is 6.13. The highest BCUT2D eigenvalue weighted by atomic mass is 127. The van der Waals surface area contributed by atoms with Crippen molar-refractivity contribution in [1.29, 1.82) is 0 Å². The highest BCUT2D eigenvalue weighted by molar-refractivity contribution is 14.0. The number of aliphatic imine (C=N–C) groups is 1. The smallest absolute Gasteiger partial charge is 0.193 e. The summed E-state index contributed by atoms with van der Waals surface area (Å²) in [6, 6.07) is 16.3. The van der Waals surface area contributed by atoms with E-state index >= 15 is 0 Å². The number of guanidine groups is 1. The van der Waals surface area contributed by atoms with E-state index in [1.54, 1.807) is 14.2 Å². The molecule has 0 radical (unpaired) electrons. The minimum Gasteiger partial charge on any atom is -0.497 e. The van der Waals surface area contributed by atoms with Gasteiger partial charge in [0, 0.05) is 27.2 Å². The lowest BCUT2D eigenvalue weighted by atomic mass is 10.1. The van der Waals surface area contributed by atoms with E-state index in [2.05, 4.69) is 39.5 Å². The van der Waals surface area contributed by atoms with Crippen molar-refractivity contribution in [3.63, 3.8) is 0 Å². The maximum atomic E-state index is 5.27. The first-order valence-corrected chi connectivity index (χ1v) is 8.84. The number of rotatable bonds is 8. The van der Waals surface area contributed by atoms with E-state index in [4.69, 9.17) is 9.47 Å². The Balaban J connectivity index is 0.00000364. The summed E-state index contributed by atoms with van der Waals surface area (Å²) >= 11 is 0. The van der Waals surface area contributed by atoms with Gasteiger partial charge >= 0.3 is 0 Å². The van der Waals surface area contributed by atoms with Gasteiger partial charge in [-0.25, -0.2) is 0 Å². The Bertz CT molecular complexity index is 705. The molecule has 0 aliphatic carbocycles. The predicted molar refractivity (Wildman–Crippen MR) is 123 cm³/mol. The molecule has 0 saturated carbocycles. The van der Waals surface area contributed by atoms with Gasteiger partial charge in [-0.2, -0.15) is 0 Å². The zero-order chi connectivity index (χ0) is 18.8. The fourth-order valence-corrected chi connectivity index (χ4v) is 2.79. The molecule has 0 aromatic heterocycles. The molecule has 27 heavy (non-hydrogen) atoms. The van der Waals surface area contributed by atoms with Gasteiger partial charge in [-0.05, 0) is 48.2 Å². The van der Waals surface area contributed by atoms with Gasteiger partial charge < -0.3 is 19.7 Å². The van der Waals surface area contributed by atoms with Gasteiger partial charge in [0.25, 0.3) is 0 Å². The van der Waals surface area contributed by atoms with E-state index in [1.165, 1.54) is 11.1 Å². The van der Waals surface area contributed by atoms with Crippen molar-refractivity contribution >= 4 is 29.9 Å². The fourth-order valence-electron chi connectivity index (χ4n) is 2.79. The lowest BCUT2D eigenvalue weighted by molar-refractivity contribution is 0.414. The van der Waals surface area contributed by atoms with Gasteiger partial charge in [0.2, 0.25) is 0 Å². The minimum atomic E-state index is 0. The molecule has 0 heterocycles. The van der Waals surface area contributed by atoms with Crippen LogP contribution in [0.1, 0.15) is 17.5 Å². The van der Waals surface area contributed by atoms with Gasteiger partial charge in [-0.15, -0.1) is 24.0 Å². The molecular weight excluding hydrogens is 453 g/mol. The number of hydrogen-bond donors (Lipinski definition) is 1. The third-order valence-corrected chi connectivity index (χ3v) is 4.21. The molecule has 2 aromatic rings. The van der Waals surface area contributed by atoms with Gasteiger partial charge in [0.15, 0.2) is 5.96 Å². The van der Waals surface area contributed by atoms with Crippen molar-refractivity contribution < 1.29 is 9.47 Å². The lowest BCUT2D eigenvalue weighted by Gasteiger charge is -2.22. The minimum absolute atomic E-state index is 0. The maximum absolute atomic E-state index is 5.27. The first-order chi connectivity index (χ1) is 12.7. The number of ether oxygens (including phenoxy) is 2. The number of nitrogens with one attached hydrogen (secondary N) is 1. The zero-order valence-electron chi connectivity index (χ0n) is 16.6. The number of benzene rings is 2. The van der Waals surface area contributed by atoms with Crippen LogP contribution in [0.3, 0.4) is 0 Å². The molecule has 6 heteroatoms. The van der Waals surface area contributed by atoms with Crippen LogP contribution >= 0.6 is 24.0 Å². The zero-order valence-corrected chi connectivity index (χ0v) is 18.9. The standard InChI is InChI=1S/C21H29N3O2.HI/c1-22-21(24(2)16-18-10-12-19(25-3)13-11-18)23-14-6-8-17-7-5-9-20(15-17)26-4;/h5,7,9-13,15H,6,8,14,16H2,1-4H3,(H,22,23);1H. The molecule has 0 fully saturated rings. The van der Waals surface area contributed by atoms with Crippen molar-refractivity contribution in [2.75, 3.05) is 34.9 Å². The number of aryl methyl sites for hydroxylation is 1. The molecule has 0 spiro atoms. The molecule has 2 rings (SSSR count). The Hall–Kier alpha value is -1.96. The van der Waals surface area contributed by atoms with Crippen LogP contribution < -0.4 is 14.8 Å². The van der Waals surface area contributed by atoms with E-state index in [9.17, 15) is 0 Å². The van der Waals surface area contributed by atoms with E-state index in [1.807, 2.05) is 38.4 Å². The summed E-state index contributed by atoms with van der Waals surface area (Å²) in [6.45, 7) is 1.66. The largest absolute Gasteiger partial charge is 0.497 e. The summed E-state index contributed by atoms with van der Waals surface area (Å²) in [4.78, 5) is 6.49. The molecular formula is C21H30IN3O2. The molecule has 0 saturated heterocycles. The van der Waals surface area contributed by atoms with E-state index < -0.39 is 0 Å². The Kier molecular flexibility index (Phi) is 10.6. The van der Waals surface area contributed by atoms with Crippen LogP contribution in [-0.4, -0.2) is 45.7 Å². The predicted octanol–water partition coefficient (Wildman–Crippen LogP) is 3.96. The quantitative estimate of drug-likeness (QED) is 0.267. The fraction of sp³-hybridized carbons (Fsp3) is 0.381. The number of halogens is 1. The number of nitrogens with zero attached hydrogens (tertiary/aromatic N) is 2. The SMILES string of the molecule is CN=C(NCCCc1cccc(OC)c1)N(C)Cc1ccc(OC)cc1.I. The molecule has 1 N–H and O–H groups in total. The van der Waals surface area contributed by atoms with Gasteiger partial charge in [0.05, 0.1) is 14.2 Å². The van der Waals surface area contributed by atoms with E-state index in [0.717, 1.165) is 43.4 Å². The molecule has 0 bridgehead atoms. The third-order valence-electron chi connectivity index (χ3n) is 4.21. The van der Waals surface area contributed by atoms with Crippen LogP contribution in [-0.2, 0) is 13.0 Å². The first kappa shape index (κ1) is 23.1. The number of methoxy groups -OCH3 is 2. The maximum Gasteiger partial charge on any atom is 0.193 e. The van der Waals surface area contributed by atoms with Crippen molar-refractivity contribution in [3.05, 3.63) is 59.7 Å². The summed E-state index contributed by atoms with van der Waals surface area (Å²) in [7, 11) is 7.23. The van der Waals surface area contributed by atoms with Crippen LogP contribution in [0.5, 0.6) is 11.5 Å². The second-order valence-corrected chi connectivity index (χ2v) is 6.13. The molecule has 0 aliphatic rings. The van der Waals surface area contributed by atoms with Crippen molar-refractivity contribution in [1.82, 2.24) is 10.2 Å². The van der Waals surface area contributed by atoms with Gasteiger partial charge in [-0.3, -0.25) is 4.99 Å². The van der Waals surface area contributed by atoms with E-state index in [-0.39, 0.29) is 24.0 Å². The van der Waals surface area contributed by atoms with Gasteiger partial charge in [0.1, 0.15) is 11.5 Å². The third kappa shape index (κ3) is 7.66. The molecule has 0 amide bonds. The summed E-state index contributed by atoms with van der Waals surface area (Å²) in [5.41, 5.74) is 2.50. The lowest BCUT2D eigenvalue weighted by Crippen LogP contribution is -2.39. The average molecular weight is 483 g/mol. The average Bonchev–Trinajstić information content (AvgIpc) is 2.68. The van der Waals surface area contributed by atoms with E-state index in [0.29, 0.717) is 0 Å². The monoisotopic (exact) mass is 483 g/mol. The number of hydrogen-bond acceptors (Lipinski definition) is 3. The van der Waals surface area contributed by atoms with Crippen molar-refractivity contribution in [2.45, 2.75) is 19.4 Å². The highest BCUT2D eigenvalue weighted by Crippen LogP contribution is 2.14. The summed E-state index contributed by atoms with van der Waals surface area (Å²) in [5.74, 6) is 2.67. The Morgan fingerprint density at radius 3 is 2.33 bits per heavy atom. The highest BCUT2D eigenvalue weighted by Gasteiger charge is 2.06. The molecule has 2 aromatic carbocycles. The topological polar surface area (TPSA) is 46.1 Å². The molecule has 0 aliphatic heterocycles. The molecule has 148 valence electrons. The Morgan fingerprint density at radius 2 is 1.70 bits per heavy atom. The van der Waals surface area contributed by atoms with Crippen LogP contribution in [0.15, 0.2) is 53.5 Å². The first-order valence-electron chi connectivity index (χ1n) is 8.84. The molecule has 5 nitrogen and oxygen atoms in total. The van der Waals surface area contributed by atoms with Crippen LogP contribution in [0.2, 0.25) is 0 Å². The normalized spacial score (nSPS) is 10.7. The van der Waals surface area contributed by atoms with Crippen LogP contribution in [0, 0.1) is 0 Å². The Labute approximate surface area is 179 Å². The summed E-state index contributed by atoms with van der Waals surface area (Å²) in [6.07, 6.45) is 2.03. The van der Waals surface area contributed by atoms with Crippen molar-refractivity contribution in [2.24, 2.45) is 4.99 Å². The van der Waals surface area contributed by atoms with Gasteiger partial charge in [-0.1, -0.05) is 24.3 Å². The summed E-state index contributed by atoms with van der Waals surface area (Å²) in [5, 5.41) is 3.43. The van der Waals surface area contributed by atoms with Crippen molar-refractivity contribution in [3.8, 4) is 11.5 Å². The van der Waals surface area contributed by atoms with Crippen LogP contribution in [0.25, 0.3) is 0 Å². The molecule has 0 atom stereocenters. The second kappa shape index (κ2) is 12.4. The summed E-state index contributed by atoms with van der Waals surface area (Å²) < 4.78 is 10.5.